The summed E-state index contributed by atoms with van der Waals surface area (Å²) in [4.78, 5) is 7.97. The Labute approximate surface area is 113 Å². The quantitative estimate of drug-likeness (QED) is 0.901. The molecule has 0 aliphatic carbocycles. The van der Waals surface area contributed by atoms with Gasteiger partial charge in [-0.2, -0.15) is 4.98 Å². The van der Waals surface area contributed by atoms with Gasteiger partial charge in [-0.15, -0.1) is 0 Å². The molecule has 0 atom stereocenters. The van der Waals surface area contributed by atoms with Crippen LogP contribution in [0.25, 0.3) is 0 Å². The van der Waals surface area contributed by atoms with Crippen molar-refractivity contribution in [3.8, 4) is 0 Å². The number of hydrogen-bond acceptors (Lipinski definition) is 4. The van der Waals surface area contributed by atoms with Crippen molar-refractivity contribution < 1.29 is 8.78 Å². The number of halogens is 3. The van der Waals surface area contributed by atoms with E-state index in [4.69, 9.17) is 11.6 Å². The number of benzene rings is 1. The third-order valence-corrected chi connectivity index (χ3v) is 2.56. The van der Waals surface area contributed by atoms with E-state index in [0.717, 1.165) is 12.1 Å². The average molecular weight is 285 g/mol. The first kappa shape index (κ1) is 13.5. The summed E-state index contributed by atoms with van der Waals surface area (Å²) in [7, 11) is 0. The van der Waals surface area contributed by atoms with Gasteiger partial charge in [0.1, 0.15) is 22.3 Å². The first-order valence-corrected chi connectivity index (χ1v) is 5.97. The number of rotatable bonds is 4. The maximum atomic E-state index is 13.5. The van der Waals surface area contributed by atoms with Crippen LogP contribution in [0, 0.1) is 11.6 Å². The van der Waals surface area contributed by atoms with Crippen LogP contribution in [0.1, 0.15) is 6.92 Å². The van der Waals surface area contributed by atoms with Crippen LogP contribution in [0.2, 0.25) is 5.02 Å². The second kappa shape index (κ2) is 5.79. The van der Waals surface area contributed by atoms with Crippen LogP contribution in [0.3, 0.4) is 0 Å². The predicted octanol–water partition coefficient (Wildman–Crippen LogP) is 3.58. The molecule has 0 saturated carbocycles. The summed E-state index contributed by atoms with van der Waals surface area (Å²) in [6, 6.07) is 3.57. The first-order chi connectivity index (χ1) is 9.11. The third kappa shape index (κ3) is 3.08. The van der Waals surface area contributed by atoms with Crippen LogP contribution in [0.4, 0.5) is 26.2 Å². The maximum Gasteiger partial charge on any atom is 0.224 e. The predicted molar refractivity (Wildman–Crippen MR) is 70.8 cm³/mol. The van der Waals surface area contributed by atoms with Gasteiger partial charge in [0.2, 0.25) is 5.95 Å². The van der Waals surface area contributed by atoms with Gasteiger partial charge in [0, 0.05) is 6.54 Å². The zero-order valence-electron chi connectivity index (χ0n) is 10.0. The second-order valence-corrected chi connectivity index (χ2v) is 4.05. The monoisotopic (exact) mass is 284 g/mol. The molecule has 2 rings (SSSR count). The SMILES string of the molecule is CCNc1ncc(Cl)c(Nc2c(F)cccc2F)n1. The van der Waals surface area contributed by atoms with Gasteiger partial charge in [0.25, 0.3) is 0 Å². The highest BCUT2D eigenvalue weighted by Crippen LogP contribution is 2.27. The van der Waals surface area contributed by atoms with Gasteiger partial charge in [0.05, 0.1) is 6.20 Å². The van der Waals surface area contributed by atoms with Crippen molar-refractivity contribution in [2.45, 2.75) is 6.92 Å². The van der Waals surface area contributed by atoms with Gasteiger partial charge in [-0.05, 0) is 19.1 Å². The van der Waals surface area contributed by atoms with Gasteiger partial charge in [-0.3, -0.25) is 0 Å². The molecule has 0 saturated heterocycles. The first-order valence-electron chi connectivity index (χ1n) is 5.59. The second-order valence-electron chi connectivity index (χ2n) is 3.64. The maximum absolute atomic E-state index is 13.5. The highest BCUT2D eigenvalue weighted by molar-refractivity contribution is 6.32. The van der Waals surface area contributed by atoms with Gasteiger partial charge < -0.3 is 10.6 Å². The summed E-state index contributed by atoms with van der Waals surface area (Å²) >= 11 is 5.89. The van der Waals surface area contributed by atoms with Crippen LogP contribution in [-0.2, 0) is 0 Å². The Morgan fingerprint density at radius 1 is 1.26 bits per heavy atom. The number of aromatic nitrogens is 2. The molecule has 2 aromatic rings. The van der Waals surface area contributed by atoms with Crippen LogP contribution in [0.5, 0.6) is 0 Å². The Kier molecular flexibility index (Phi) is 4.11. The van der Waals surface area contributed by atoms with E-state index in [2.05, 4.69) is 20.6 Å². The van der Waals surface area contributed by atoms with E-state index in [1.165, 1.54) is 12.3 Å². The molecule has 0 spiro atoms. The lowest BCUT2D eigenvalue weighted by Crippen LogP contribution is -2.05. The molecule has 4 nitrogen and oxygen atoms in total. The van der Waals surface area contributed by atoms with Crippen molar-refractivity contribution in [1.82, 2.24) is 9.97 Å². The Balaban J connectivity index is 2.35. The minimum Gasteiger partial charge on any atom is -0.354 e. The van der Waals surface area contributed by atoms with Gasteiger partial charge in [-0.1, -0.05) is 17.7 Å². The molecule has 1 aromatic carbocycles. The van der Waals surface area contributed by atoms with E-state index in [1.807, 2.05) is 6.92 Å². The normalized spacial score (nSPS) is 10.3. The molecule has 0 fully saturated rings. The number of hydrogen-bond donors (Lipinski definition) is 2. The molecule has 100 valence electrons. The molecule has 7 heteroatoms. The lowest BCUT2D eigenvalue weighted by Gasteiger charge is -2.10. The molecular formula is C12H11ClF2N4. The summed E-state index contributed by atoms with van der Waals surface area (Å²) in [5, 5.41) is 5.59. The Hall–Kier alpha value is -1.95. The van der Waals surface area contributed by atoms with Crippen LogP contribution >= 0.6 is 11.6 Å². The molecule has 0 bridgehead atoms. The Bertz CT molecular complexity index is 572. The summed E-state index contributed by atoms with van der Waals surface area (Å²) in [5.41, 5.74) is -0.300. The Morgan fingerprint density at radius 3 is 2.58 bits per heavy atom. The summed E-state index contributed by atoms with van der Waals surface area (Å²) in [6.07, 6.45) is 1.35. The van der Waals surface area contributed by atoms with Crippen molar-refractivity contribution in [2.24, 2.45) is 0 Å². The fraction of sp³-hybridized carbons (Fsp3) is 0.167. The fourth-order valence-electron chi connectivity index (χ4n) is 1.43. The Morgan fingerprint density at radius 2 is 1.95 bits per heavy atom. The van der Waals surface area contributed by atoms with Crippen LogP contribution in [-0.4, -0.2) is 16.5 Å². The lowest BCUT2D eigenvalue weighted by atomic mass is 10.3. The number of nitrogens with one attached hydrogen (secondary N) is 2. The largest absolute Gasteiger partial charge is 0.354 e. The van der Waals surface area contributed by atoms with E-state index in [1.54, 1.807) is 0 Å². The van der Waals surface area contributed by atoms with E-state index in [-0.39, 0.29) is 16.5 Å². The van der Waals surface area contributed by atoms with Crippen LogP contribution in [0.15, 0.2) is 24.4 Å². The van der Waals surface area contributed by atoms with Crippen molar-refractivity contribution in [2.75, 3.05) is 17.2 Å². The molecule has 0 unspecified atom stereocenters. The molecule has 0 radical (unpaired) electrons. The minimum atomic E-state index is -0.723. The summed E-state index contributed by atoms with van der Waals surface area (Å²) in [6.45, 7) is 2.50. The highest BCUT2D eigenvalue weighted by atomic mass is 35.5. The fourth-order valence-corrected chi connectivity index (χ4v) is 1.57. The van der Waals surface area contributed by atoms with Crippen molar-refractivity contribution in [3.63, 3.8) is 0 Å². The van der Waals surface area contributed by atoms with E-state index in [0.29, 0.717) is 12.5 Å². The zero-order chi connectivity index (χ0) is 13.8. The number of para-hydroxylation sites is 1. The van der Waals surface area contributed by atoms with Gasteiger partial charge in [0.15, 0.2) is 5.82 Å². The van der Waals surface area contributed by atoms with Crippen molar-refractivity contribution >= 4 is 29.1 Å². The lowest BCUT2D eigenvalue weighted by molar-refractivity contribution is 0.590. The number of nitrogens with zero attached hydrogens (tertiary/aromatic N) is 2. The molecule has 0 aliphatic heterocycles. The molecule has 2 N–H and O–H groups in total. The summed E-state index contributed by atoms with van der Waals surface area (Å²) in [5.74, 6) is -0.984. The van der Waals surface area contributed by atoms with Gasteiger partial charge in [-0.25, -0.2) is 13.8 Å². The molecule has 19 heavy (non-hydrogen) atoms. The smallest absolute Gasteiger partial charge is 0.224 e. The van der Waals surface area contributed by atoms with Crippen LogP contribution < -0.4 is 10.6 Å². The van der Waals surface area contributed by atoms with Crippen molar-refractivity contribution in [1.29, 1.82) is 0 Å². The molecular weight excluding hydrogens is 274 g/mol. The molecule has 0 amide bonds. The highest BCUT2D eigenvalue weighted by Gasteiger charge is 2.12. The molecule has 1 aromatic heterocycles. The molecule has 1 heterocycles. The number of anilines is 3. The molecule has 0 aliphatic rings. The standard InChI is InChI=1S/C12H11ClF2N4/c1-2-16-12-17-6-7(13)11(19-12)18-10-8(14)4-3-5-9(10)15/h3-6H,2H2,1H3,(H2,16,17,18,19). The minimum absolute atomic E-state index is 0.136. The van der Waals surface area contributed by atoms with Crippen molar-refractivity contribution in [3.05, 3.63) is 41.1 Å². The summed E-state index contributed by atoms with van der Waals surface area (Å²) < 4.78 is 27.0. The topological polar surface area (TPSA) is 49.8 Å². The zero-order valence-corrected chi connectivity index (χ0v) is 10.8. The van der Waals surface area contributed by atoms with E-state index < -0.39 is 11.6 Å². The average Bonchev–Trinajstić information content (AvgIpc) is 2.38. The van der Waals surface area contributed by atoms with E-state index in [9.17, 15) is 8.78 Å². The van der Waals surface area contributed by atoms with Gasteiger partial charge >= 0.3 is 0 Å². The third-order valence-electron chi connectivity index (χ3n) is 2.29. The van der Waals surface area contributed by atoms with E-state index >= 15 is 0 Å².